The number of nitrogens with one attached hydrogen (secondary N) is 1. The SMILES string of the molecule is CCC(CC)Nc1cc(Br)ccc1[N+](=O)[O-]. The second-order valence-corrected chi connectivity index (χ2v) is 4.49. The van der Waals surface area contributed by atoms with Gasteiger partial charge in [0, 0.05) is 16.6 Å². The Hall–Kier alpha value is -1.10. The molecule has 0 unspecified atom stereocenters. The lowest BCUT2D eigenvalue weighted by Gasteiger charge is -2.16. The van der Waals surface area contributed by atoms with Crippen LogP contribution in [0.2, 0.25) is 0 Å². The Balaban J connectivity index is 3.00. The van der Waals surface area contributed by atoms with Gasteiger partial charge in [0.15, 0.2) is 0 Å². The Morgan fingerprint density at radius 1 is 1.44 bits per heavy atom. The van der Waals surface area contributed by atoms with E-state index in [-0.39, 0.29) is 16.7 Å². The number of nitrogens with zero attached hydrogens (tertiary/aromatic N) is 1. The number of halogens is 1. The molecule has 16 heavy (non-hydrogen) atoms. The number of anilines is 1. The molecule has 0 saturated heterocycles. The van der Waals surface area contributed by atoms with Crippen molar-refractivity contribution in [3.05, 3.63) is 32.8 Å². The maximum atomic E-state index is 10.8. The summed E-state index contributed by atoms with van der Waals surface area (Å²) in [4.78, 5) is 10.5. The van der Waals surface area contributed by atoms with E-state index in [1.54, 1.807) is 12.1 Å². The first kappa shape index (κ1) is 13.0. The van der Waals surface area contributed by atoms with Crippen LogP contribution < -0.4 is 5.32 Å². The van der Waals surface area contributed by atoms with E-state index in [4.69, 9.17) is 0 Å². The molecule has 0 aliphatic carbocycles. The standard InChI is InChI=1S/C11H15BrN2O2/c1-3-9(4-2)13-10-7-8(12)5-6-11(10)14(15)16/h5-7,9,13H,3-4H2,1-2H3. The molecule has 1 aromatic carbocycles. The minimum absolute atomic E-state index is 0.120. The molecule has 88 valence electrons. The lowest BCUT2D eigenvalue weighted by Crippen LogP contribution is -2.17. The summed E-state index contributed by atoms with van der Waals surface area (Å²) in [5.74, 6) is 0. The van der Waals surface area contributed by atoms with Crippen molar-refractivity contribution in [1.29, 1.82) is 0 Å². The Kier molecular flexibility index (Phi) is 4.73. The highest BCUT2D eigenvalue weighted by Crippen LogP contribution is 2.28. The summed E-state index contributed by atoms with van der Waals surface area (Å²) < 4.78 is 0.839. The van der Waals surface area contributed by atoms with E-state index >= 15 is 0 Å². The Labute approximate surface area is 103 Å². The van der Waals surface area contributed by atoms with Crippen molar-refractivity contribution in [1.82, 2.24) is 0 Å². The third kappa shape index (κ3) is 3.20. The van der Waals surface area contributed by atoms with E-state index in [2.05, 4.69) is 35.1 Å². The van der Waals surface area contributed by atoms with Crippen LogP contribution in [-0.2, 0) is 0 Å². The van der Waals surface area contributed by atoms with Gasteiger partial charge in [0.1, 0.15) is 5.69 Å². The van der Waals surface area contributed by atoms with Crippen molar-refractivity contribution >= 4 is 27.3 Å². The molecule has 0 aliphatic heterocycles. The van der Waals surface area contributed by atoms with E-state index in [1.807, 2.05) is 0 Å². The summed E-state index contributed by atoms with van der Waals surface area (Å²) in [6.07, 6.45) is 1.89. The summed E-state index contributed by atoms with van der Waals surface area (Å²) in [5, 5.41) is 14.0. The van der Waals surface area contributed by atoms with Gasteiger partial charge in [-0.1, -0.05) is 29.8 Å². The number of nitro benzene ring substituents is 1. The maximum Gasteiger partial charge on any atom is 0.292 e. The van der Waals surface area contributed by atoms with Crippen LogP contribution in [0, 0.1) is 10.1 Å². The fourth-order valence-electron chi connectivity index (χ4n) is 1.50. The first-order valence-corrected chi connectivity index (χ1v) is 6.08. The molecule has 0 atom stereocenters. The second kappa shape index (κ2) is 5.84. The van der Waals surface area contributed by atoms with Gasteiger partial charge in [0.2, 0.25) is 0 Å². The van der Waals surface area contributed by atoms with Crippen molar-refractivity contribution in [3.8, 4) is 0 Å². The van der Waals surface area contributed by atoms with E-state index in [0.717, 1.165) is 17.3 Å². The maximum absolute atomic E-state index is 10.8. The van der Waals surface area contributed by atoms with E-state index in [0.29, 0.717) is 5.69 Å². The molecule has 0 amide bonds. The molecule has 0 saturated carbocycles. The number of hydrogen-bond acceptors (Lipinski definition) is 3. The van der Waals surface area contributed by atoms with Crippen molar-refractivity contribution in [2.24, 2.45) is 0 Å². The zero-order valence-corrected chi connectivity index (χ0v) is 11.0. The second-order valence-electron chi connectivity index (χ2n) is 3.58. The zero-order valence-electron chi connectivity index (χ0n) is 9.37. The molecule has 0 fully saturated rings. The van der Waals surface area contributed by atoms with Gasteiger partial charge in [-0.2, -0.15) is 0 Å². The van der Waals surface area contributed by atoms with E-state index in [9.17, 15) is 10.1 Å². The van der Waals surface area contributed by atoms with Gasteiger partial charge >= 0.3 is 0 Å². The summed E-state index contributed by atoms with van der Waals surface area (Å²) in [5.41, 5.74) is 0.697. The molecule has 0 heterocycles. The first-order chi connectivity index (χ1) is 7.58. The highest BCUT2D eigenvalue weighted by Gasteiger charge is 2.15. The van der Waals surface area contributed by atoms with Crippen LogP contribution in [-0.4, -0.2) is 11.0 Å². The van der Waals surface area contributed by atoms with Gasteiger partial charge in [-0.3, -0.25) is 10.1 Å². The lowest BCUT2D eigenvalue weighted by atomic mass is 10.1. The molecule has 1 N–H and O–H groups in total. The van der Waals surface area contributed by atoms with Gasteiger partial charge in [-0.15, -0.1) is 0 Å². The smallest absolute Gasteiger partial charge is 0.292 e. The van der Waals surface area contributed by atoms with E-state index < -0.39 is 0 Å². The van der Waals surface area contributed by atoms with Crippen molar-refractivity contribution in [3.63, 3.8) is 0 Å². The van der Waals surface area contributed by atoms with Crippen LogP contribution in [0.25, 0.3) is 0 Å². The largest absolute Gasteiger partial charge is 0.377 e. The van der Waals surface area contributed by atoms with E-state index in [1.165, 1.54) is 6.07 Å². The van der Waals surface area contributed by atoms with Crippen molar-refractivity contribution in [2.45, 2.75) is 32.7 Å². The van der Waals surface area contributed by atoms with Gasteiger partial charge in [-0.05, 0) is 25.0 Å². The van der Waals surface area contributed by atoms with Crippen LogP contribution >= 0.6 is 15.9 Å². The molecule has 1 aromatic rings. The van der Waals surface area contributed by atoms with Crippen LogP contribution in [0.5, 0.6) is 0 Å². The van der Waals surface area contributed by atoms with Crippen molar-refractivity contribution in [2.75, 3.05) is 5.32 Å². The van der Waals surface area contributed by atoms with Crippen LogP contribution in [0.1, 0.15) is 26.7 Å². The molecule has 1 rings (SSSR count). The average Bonchev–Trinajstić information content (AvgIpc) is 2.25. The fourth-order valence-corrected chi connectivity index (χ4v) is 1.86. The molecule has 5 heteroatoms. The molecule has 0 bridgehead atoms. The van der Waals surface area contributed by atoms with Gasteiger partial charge in [0.25, 0.3) is 5.69 Å². The highest BCUT2D eigenvalue weighted by molar-refractivity contribution is 9.10. The number of hydrogen-bond donors (Lipinski definition) is 1. The third-order valence-electron chi connectivity index (χ3n) is 2.50. The zero-order chi connectivity index (χ0) is 12.1. The molecule has 0 aliphatic rings. The molecule has 0 radical (unpaired) electrons. The summed E-state index contributed by atoms with van der Waals surface area (Å²) in [6, 6.07) is 5.20. The van der Waals surface area contributed by atoms with Crippen LogP contribution in [0.15, 0.2) is 22.7 Å². The average molecular weight is 287 g/mol. The van der Waals surface area contributed by atoms with Crippen LogP contribution in [0.3, 0.4) is 0 Å². The lowest BCUT2D eigenvalue weighted by molar-refractivity contribution is -0.384. The summed E-state index contributed by atoms with van der Waals surface area (Å²) >= 11 is 3.32. The Morgan fingerprint density at radius 3 is 2.56 bits per heavy atom. The molecule has 0 aromatic heterocycles. The molecular formula is C11H15BrN2O2. The predicted octanol–water partition coefficient (Wildman–Crippen LogP) is 3.96. The van der Waals surface area contributed by atoms with Crippen molar-refractivity contribution < 1.29 is 4.92 Å². The van der Waals surface area contributed by atoms with Gasteiger partial charge in [0.05, 0.1) is 4.92 Å². The Morgan fingerprint density at radius 2 is 2.06 bits per heavy atom. The highest BCUT2D eigenvalue weighted by atomic mass is 79.9. The topological polar surface area (TPSA) is 55.2 Å². The summed E-state index contributed by atoms with van der Waals surface area (Å²) in [6.45, 7) is 4.12. The third-order valence-corrected chi connectivity index (χ3v) is 2.99. The number of benzene rings is 1. The molecular weight excluding hydrogens is 272 g/mol. The first-order valence-electron chi connectivity index (χ1n) is 5.29. The minimum Gasteiger partial charge on any atom is -0.377 e. The number of nitro groups is 1. The normalized spacial score (nSPS) is 10.5. The molecule has 0 spiro atoms. The number of rotatable bonds is 5. The summed E-state index contributed by atoms with van der Waals surface area (Å²) in [7, 11) is 0. The van der Waals surface area contributed by atoms with Crippen LogP contribution in [0.4, 0.5) is 11.4 Å². The van der Waals surface area contributed by atoms with Gasteiger partial charge < -0.3 is 5.32 Å². The quantitative estimate of drug-likeness (QED) is 0.658. The predicted molar refractivity (Wildman–Crippen MR) is 68.8 cm³/mol. The minimum atomic E-state index is -0.364. The fraction of sp³-hybridized carbons (Fsp3) is 0.455. The Bertz CT molecular complexity index is 378. The monoisotopic (exact) mass is 286 g/mol. The van der Waals surface area contributed by atoms with Gasteiger partial charge in [-0.25, -0.2) is 0 Å². The molecule has 4 nitrogen and oxygen atoms in total.